The summed E-state index contributed by atoms with van der Waals surface area (Å²) in [6, 6.07) is 7.26. The van der Waals surface area contributed by atoms with Crippen LogP contribution in [0.15, 0.2) is 24.3 Å². The van der Waals surface area contributed by atoms with E-state index in [1.165, 1.54) is 13.8 Å². The van der Waals surface area contributed by atoms with Gasteiger partial charge in [-0.25, -0.2) is 0 Å². The fourth-order valence-corrected chi connectivity index (χ4v) is 1.40. The van der Waals surface area contributed by atoms with Crippen molar-refractivity contribution in [2.45, 2.75) is 25.9 Å². The molecule has 0 radical (unpaired) electrons. The highest BCUT2D eigenvalue weighted by Crippen LogP contribution is 2.13. The van der Waals surface area contributed by atoms with Crippen molar-refractivity contribution >= 4 is 5.78 Å². The van der Waals surface area contributed by atoms with E-state index in [-0.39, 0.29) is 5.78 Å². The standard InChI is InChI=1S/C13H18O3/c1-13(2,15)12(14)11-6-4-10(5-7-11)8-9-16-3/h4-7,15H,8-9H2,1-3H3. The third-order valence-corrected chi connectivity index (χ3v) is 2.37. The normalized spacial score (nSPS) is 11.5. The number of ether oxygens (including phenoxy) is 1. The molecule has 1 aromatic rings. The molecule has 0 bridgehead atoms. The second-order valence-electron chi connectivity index (χ2n) is 4.33. The van der Waals surface area contributed by atoms with Crippen molar-refractivity contribution < 1.29 is 14.6 Å². The number of rotatable bonds is 5. The van der Waals surface area contributed by atoms with Crippen molar-refractivity contribution in [2.75, 3.05) is 13.7 Å². The van der Waals surface area contributed by atoms with E-state index in [1.807, 2.05) is 12.1 Å². The molecule has 16 heavy (non-hydrogen) atoms. The van der Waals surface area contributed by atoms with Gasteiger partial charge in [0.15, 0.2) is 5.78 Å². The smallest absolute Gasteiger partial charge is 0.193 e. The lowest BCUT2D eigenvalue weighted by molar-refractivity contribution is 0.0488. The van der Waals surface area contributed by atoms with Crippen LogP contribution < -0.4 is 0 Å². The summed E-state index contributed by atoms with van der Waals surface area (Å²) in [5.74, 6) is -0.259. The summed E-state index contributed by atoms with van der Waals surface area (Å²) in [6.45, 7) is 3.65. The van der Waals surface area contributed by atoms with E-state index in [2.05, 4.69) is 0 Å². The van der Waals surface area contributed by atoms with Crippen LogP contribution in [0.1, 0.15) is 29.8 Å². The van der Waals surface area contributed by atoms with Crippen molar-refractivity contribution in [3.63, 3.8) is 0 Å². The molecule has 3 heteroatoms. The highest BCUT2D eigenvalue weighted by molar-refractivity contribution is 6.01. The van der Waals surface area contributed by atoms with Crippen molar-refractivity contribution in [3.05, 3.63) is 35.4 Å². The Balaban J connectivity index is 2.75. The Bertz CT molecular complexity index is 346. The molecular weight excluding hydrogens is 204 g/mol. The number of methoxy groups -OCH3 is 1. The van der Waals surface area contributed by atoms with Crippen LogP contribution >= 0.6 is 0 Å². The van der Waals surface area contributed by atoms with Crippen molar-refractivity contribution in [2.24, 2.45) is 0 Å². The van der Waals surface area contributed by atoms with Crippen LogP contribution in [0.2, 0.25) is 0 Å². The first-order valence-electron chi connectivity index (χ1n) is 5.30. The summed E-state index contributed by atoms with van der Waals surface area (Å²) in [4.78, 5) is 11.7. The lowest BCUT2D eigenvalue weighted by Crippen LogP contribution is -2.31. The number of benzene rings is 1. The largest absolute Gasteiger partial charge is 0.384 e. The Labute approximate surface area is 96.1 Å². The van der Waals surface area contributed by atoms with Crippen LogP contribution in [-0.2, 0) is 11.2 Å². The Morgan fingerprint density at radius 2 is 1.88 bits per heavy atom. The summed E-state index contributed by atoms with van der Waals surface area (Å²) >= 11 is 0. The first-order chi connectivity index (χ1) is 7.45. The van der Waals surface area contributed by atoms with Crippen molar-refractivity contribution in [1.29, 1.82) is 0 Å². The summed E-state index contributed by atoms with van der Waals surface area (Å²) in [5, 5.41) is 9.58. The first kappa shape index (κ1) is 12.9. The molecule has 0 aliphatic rings. The number of aliphatic hydroxyl groups is 1. The van der Waals surface area contributed by atoms with Gasteiger partial charge in [0, 0.05) is 12.7 Å². The molecule has 1 aromatic carbocycles. The average Bonchev–Trinajstić information content (AvgIpc) is 2.25. The zero-order chi connectivity index (χ0) is 12.2. The second kappa shape index (κ2) is 5.23. The lowest BCUT2D eigenvalue weighted by Gasteiger charge is -2.15. The first-order valence-corrected chi connectivity index (χ1v) is 5.30. The minimum absolute atomic E-state index is 0.259. The number of Topliss-reactive ketones (excluding diaryl/α,β-unsaturated/α-hetero) is 1. The fourth-order valence-electron chi connectivity index (χ4n) is 1.40. The Kier molecular flexibility index (Phi) is 4.21. The SMILES string of the molecule is COCCc1ccc(C(=O)C(C)(C)O)cc1. The molecule has 0 aliphatic heterocycles. The Hall–Kier alpha value is -1.19. The predicted molar refractivity (Wildman–Crippen MR) is 62.7 cm³/mol. The van der Waals surface area contributed by atoms with Gasteiger partial charge in [0.05, 0.1) is 6.61 Å². The highest BCUT2D eigenvalue weighted by Gasteiger charge is 2.24. The summed E-state index contributed by atoms with van der Waals surface area (Å²) in [5.41, 5.74) is 0.344. The number of carbonyl (C=O) groups is 1. The molecule has 0 saturated carbocycles. The zero-order valence-electron chi connectivity index (χ0n) is 9.99. The van der Waals surface area contributed by atoms with Crippen molar-refractivity contribution in [3.8, 4) is 0 Å². The molecule has 1 rings (SSSR count). The number of carbonyl (C=O) groups excluding carboxylic acids is 1. The van der Waals surface area contributed by atoms with Gasteiger partial charge in [-0.15, -0.1) is 0 Å². The van der Waals surface area contributed by atoms with Gasteiger partial charge in [-0.05, 0) is 25.8 Å². The quantitative estimate of drug-likeness (QED) is 0.773. The van der Waals surface area contributed by atoms with E-state index in [1.54, 1.807) is 19.2 Å². The van der Waals surface area contributed by atoms with Gasteiger partial charge in [0.1, 0.15) is 5.60 Å². The van der Waals surface area contributed by atoms with Gasteiger partial charge in [0.25, 0.3) is 0 Å². The number of ketones is 1. The van der Waals surface area contributed by atoms with Gasteiger partial charge >= 0.3 is 0 Å². The van der Waals surface area contributed by atoms with Crippen LogP contribution in [-0.4, -0.2) is 30.2 Å². The molecule has 0 heterocycles. The average molecular weight is 222 g/mol. The molecule has 3 nitrogen and oxygen atoms in total. The zero-order valence-corrected chi connectivity index (χ0v) is 9.99. The highest BCUT2D eigenvalue weighted by atomic mass is 16.5. The van der Waals surface area contributed by atoms with E-state index in [4.69, 9.17) is 4.74 Å². The summed E-state index contributed by atoms with van der Waals surface area (Å²) < 4.78 is 4.97. The predicted octanol–water partition coefficient (Wildman–Crippen LogP) is 1.83. The van der Waals surface area contributed by atoms with Crippen LogP contribution in [0.3, 0.4) is 0 Å². The van der Waals surface area contributed by atoms with E-state index < -0.39 is 5.60 Å². The fraction of sp³-hybridized carbons (Fsp3) is 0.462. The molecule has 1 N–H and O–H groups in total. The molecule has 0 fully saturated rings. The maximum atomic E-state index is 11.7. The molecule has 0 amide bonds. The van der Waals surface area contributed by atoms with Gasteiger partial charge in [0.2, 0.25) is 0 Å². The second-order valence-corrected chi connectivity index (χ2v) is 4.33. The topological polar surface area (TPSA) is 46.5 Å². The van der Waals surface area contributed by atoms with E-state index >= 15 is 0 Å². The maximum Gasteiger partial charge on any atom is 0.193 e. The summed E-state index contributed by atoms with van der Waals surface area (Å²) in [6.07, 6.45) is 0.827. The molecular formula is C13H18O3. The third-order valence-electron chi connectivity index (χ3n) is 2.37. The molecule has 88 valence electrons. The van der Waals surface area contributed by atoms with E-state index in [9.17, 15) is 9.90 Å². The van der Waals surface area contributed by atoms with Crippen LogP contribution in [0, 0.1) is 0 Å². The van der Waals surface area contributed by atoms with Crippen LogP contribution in [0.5, 0.6) is 0 Å². The van der Waals surface area contributed by atoms with Gasteiger partial charge in [-0.1, -0.05) is 24.3 Å². The van der Waals surface area contributed by atoms with Gasteiger partial charge < -0.3 is 9.84 Å². The molecule has 0 spiro atoms. The maximum absolute atomic E-state index is 11.7. The van der Waals surface area contributed by atoms with Gasteiger partial charge in [-0.2, -0.15) is 0 Å². The Morgan fingerprint density at radius 1 is 1.31 bits per heavy atom. The molecule has 0 atom stereocenters. The van der Waals surface area contributed by atoms with Crippen molar-refractivity contribution in [1.82, 2.24) is 0 Å². The van der Waals surface area contributed by atoms with Crippen LogP contribution in [0.4, 0.5) is 0 Å². The molecule has 0 aromatic heterocycles. The van der Waals surface area contributed by atoms with Gasteiger partial charge in [-0.3, -0.25) is 4.79 Å². The lowest BCUT2D eigenvalue weighted by atomic mass is 9.96. The minimum Gasteiger partial charge on any atom is -0.384 e. The van der Waals surface area contributed by atoms with E-state index in [0.717, 1.165) is 12.0 Å². The number of hydrogen-bond acceptors (Lipinski definition) is 3. The third kappa shape index (κ3) is 3.43. The Morgan fingerprint density at radius 3 is 2.31 bits per heavy atom. The molecule has 0 saturated heterocycles. The minimum atomic E-state index is -1.31. The monoisotopic (exact) mass is 222 g/mol. The number of hydrogen-bond donors (Lipinski definition) is 1. The van der Waals surface area contributed by atoms with Crippen LogP contribution in [0.25, 0.3) is 0 Å². The van der Waals surface area contributed by atoms with E-state index in [0.29, 0.717) is 12.2 Å². The summed E-state index contributed by atoms with van der Waals surface area (Å²) in [7, 11) is 1.66. The molecule has 0 aliphatic carbocycles. The molecule has 0 unspecified atom stereocenters.